The minimum atomic E-state index is -2.94. The Morgan fingerprint density at radius 2 is 1.35 bits per heavy atom. The first-order valence-electron chi connectivity index (χ1n) is 18.4. The number of nitrogens with zero attached hydrogens (tertiary/aromatic N) is 3. The van der Waals surface area contributed by atoms with Crippen LogP contribution >= 0.6 is 0 Å². The summed E-state index contributed by atoms with van der Waals surface area (Å²) in [6.07, 6.45) is 3.88. The molecule has 2 aliphatic rings. The van der Waals surface area contributed by atoms with Gasteiger partial charge in [0.05, 0.1) is 5.69 Å². The highest BCUT2D eigenvalue weighted by Crippen LogP contribution is 2.51. The van der Waals surface area contributed by atoms with E-state index in [-0.39, 0.29) is 36.5 Å². The van der Waals surface area contributed by atoms with Crippen molar-refractivity contribution >= 4 is 36.1 Å². The molecule has 220 valence electrons. The molecule has 0 spiro atoms. The number of hydrogen-bond donors (Lipinski definition) is 0. The Kier molecular flexibility index (Phi) is 5.51. The number of anilines is 2. The van der Waals surface area contributed by atoms with Crippen molar-refractivity contribution in [2.24, 2.45) is 0 Å². The SMILES string of the molecule is [2H]C([2H])([2H])C1(C([2H])([2H])[2H])c2ccccc2Oc2c(-c3cc(N4B(c5ccccc5)C=CN(c5ccccc5)B4c4ccccc4)ccn3)cccc21. The Hall–Kier alpha value is -5.48. The van der Waals surface area contributed by atoms with Crippen LogP contribution in [0, 0.1) is 0 Å². The van der Waals surface area contributed by atoms with Crippen LogP contribution in [0.1, 0.15) is 33.1 Å². The average molecular weight is 599 g/mol. The molecule has 46 heavy (non-hydrogen) atoms. The lowest BCUT2D eigenvalue weighted by Crippen LogP contribution is -2.68. The number of benzene rings is 5. The predicted octanol–water partition coefficient (Wildman–Crippen LogP) is 7.85. The van der Waals surface area contributed by atoms with Crippen LogP contribution in [0.2, 0.25) is 0 Å². The number of fused-ring (bicyclic) bond motifs is 2. The molecule has 0 bridgehead atoms. The molecule has 3 heterocycles. The topological polar surface area (TPSA) is 28.6 Å². The summed E-state index contributed by atoms with van der Waals surface area (Å²) in [5.41, 5.74) is 2.91. The summed E-state index contributed by atoms with van der Waals surface area (Å²) >= 11 is 0. The van der Waals surface area contributed by atoms with Crippen molar-refractivity contribution in [3.05, 3.63) is 175 Å². The zero-order chi connectivity index (χ0) is 36.1. The van der Waals surface area contributed by atoms with Crippen molar-refractivity contribution in [2.45, 2.75) is 19.1 Å². The highest BCUT2D eigenvalue weighted by molar-refractivity contribution is 6.99. The second-order valence-corrected chi connectivity index (χ2v) is 11.6. The number of pyridine rings is 1. The minimum absolute atomic E-state index is 0.0800. The van der Waals surface area contributed by atoms with Gasteiger partial charge in [-0.1, -0.05) is 134 Å². The van der Waals surface area contributed by atoms with Crippen molar-refractivity contribution in [3.63, 3.8) is 0 Å². The lowest BCUT2D eigenvalue weighted by Gasteiger charge is -2.44. The Morgan fingerprint density at radius 3 is 2.11 bits per heavy atom. The van der Waals surface area contributed by atoms with Crippen molar-refractivity contribution in [2.75, 3.05) is 9.53 Å². The highest BCUT2D eigenvalue weighted by atomic mass is 16.5. The van der Waals surface area contributed by atoms with Gasteiger partial charge in [-0.05, 0) is 48.1 Å². The number of aromatic nitrogens is 1. The molecule has 8 rings (SSSR count). The molecule has 0 saturated heterocycles. The smallest absolute Gasteiger partial charge is 0.403 e. The zero-order valence-electron chi connectivity index (χ0n) is 31.0. The van der Waals surface area contributed by atoms with Gasteiger partial charge in [0.25, 0.3) is 0 Å². The van der Waals surface area contributed by atoms with Gasteiger partial charge in [0.1, 0.15) is 11.5 Å². The maximum Gasteiger partial charge on any atom is 0.403 e. The van der Waals surface area contributed by atoms with Gasteiger partial charge in [-0.25, -0.2) is 0 Å². The molecule has 0 atom stereocenters. The second kappa shape index (κ2) is 11.5. The fourth-order valence-electron chi connectivity index (χ4n) is 6.62. The summed E-state index contributed by atoms with van der Waals surface area (Å²) in [5, 5.41) is 0. The first kappa shape index (κ1) is 22.1. The monoisotopic (exact) mass is 599 g/mol. The van der Waals surface area contributed by atoms with E-state index in [1.165, 1.54) is 0 Å². The van der Waals surface area contributed by atoms with Crippen LogP contribution in [0.5, 0.6) is 11.5 Å². The molecule has 1 aromatic heterocycles. The van der Waals surface area contributed by atoms with E-state index in [0.29, 0.717) is 11.3 Å². The summed E-state index contributed by atoms with van der Waals surface area (Å²) in [7, 11) is 0. The van der Waals surface area contributed by atoms with E-state index >= 15 is 0 Å². The number of para-hydroxylation sites is 3. The molecule has 5 aromatic carbocycles. The third kappa shape index (κ3) is 4.78. The molecule has 0 unspecified atom stereocenters. The van der Waals surface area contributed by atoms with Gasteiger partial charge in [-0.3, -0.25) is 4.98 Å². The fraction of sp³-hybridized carbons (Fsp3) is 0.0750. The van der Waals surface area contributed by atoms with Crippen LogP contribution in [0.3, 0.4) is 0 Å². The number of rotatable bonds is 5. The summed E-state index contributed by atoms with van der Waals surface area (Å²) < 4.78 is 61.1. The molecule has 4 nitrogen and oxygen atoms in total. The van der Waals surface area contributed by atoms with Gasteiger partial charge in [0, 0.05) is 47.9 Å². The van der Waals surface area contributed by atoms with Gasteiger partial charge in [0.2, 0.25) is 0 Å². The Balaban J connectivity index is 1.34. The minimum Gasteiger partial charge on any atom is -0.456 e. The molecule has 6 aromatic rings. The predicted molar refractivity (Wildman–Crippen MR) is 193 cm³/mol. The second-order valence-electron chi connectivity index (χ2n) is 11.6. The first-order chi connectivity index (χ1) is 25.1. The maximum atomic E-state index is 8.72. The van der Waals surface area contributed by atoms with Crippen LogP contribution in [0.4, 0.5) is 11.4 Å². The highest BCUT2D eigenvalue weighted by Gasteiger charge is 2.42. The van der Waals surface area contributed by atoms with Gasteiger partial charge >= 0.3 is 13.8 Å². The van der Waals surface area contributed by atoms with Crippen molar-refractivity contribution in [1.82, 2.24) is 4.98 Å². The lowest BCUT2D eigenvalue weighted by atomic mass is 9.43. The maximum absolute atomic E-state index is 8.72. The normalized spacial score (nSPS) is 17.3. The van der Waals surface area contributed by atoms with Crippen LogP contribution in [-0.2, 0) is 5.41 Å². The standard InChI is InChI=1S/C40H33B2N3O/c1-40(2)35-22-12-13-24-38(35)46-39-34(21-14-23-36(39)40)37-29-33(25-27-43-37)45-41(30-15-6-3-7-16-30)26-28-44(32-19-10-5-11-20-32)42(45)31-17-8-4-9-18-31/h3-29H,1-2H3/i1D3,2D3. The molecule has 0 aliphatic carbocycles. The van der Waals surface area contributed by atoms with Gasteiger partial charge < -0.3 is 14.3 Å². The molecule has 2 aliphatic heterocycles. The van der Waals surface area contributed by atoms with E-state index in [1.807, 2.05) is 66.7 Å². The Bertz CT molecular complexity index is 2240. The summed E-state index contributed by atoms with van der Waals surface area (Å²) in [4.78, 5) is 7.04. The largest absolute Gasteiger partial charge is 0.456 e. The molecule has 0 amide bonds. The van der Waals surface area contributed by atoms with Crippen LogP contribution in [0.15, 0.2) is 164 Å². The van der Waals surface area contributed by atoms with Gasteiger partial charge in [0.15, 0.2) is 0 Å². The quantitative estimate of drug-likeness (QED) is 0.189. The molecule has 0 N–H and O–H groups in total. The van der Waals surface area contributed by atoms with E-state index in [0.717, 1.165) is 22.3 Å². The third-order valence-corrected chi connectivity index (χ3v) is 8.79. The first-order valence-corrected chi connectivity index (χ1v) is 15.4. The summed E-state index contributed by atoms with van der Waals surface area (Å²) in [6, 6.07) is 46.4. The fourth-order valence-corrected chi connectivity index (χ4v) is 6.62. The number of ether oxygens (including phenoxy) is 1. The summed E-state index contributed by atoms with van der Waals surface area (Å²) in [6.45, 7) is -6.32. The van der Waals surface area contributed by atoms with E-state index in [4.69, 9.17) is 17.9 Å². The van der Waals surface area contributed by atoms with Gasteiger partial charge in [-0.15, -0.1) is 0 Å². The Morgan fingerprint density at radius 1 is 0.674 bits per heavy atom. The van der Waals surface area contributed by atoms with Crippen LogP contribution < -0.4 is 25.2 Å². The third-order valence-electron chi connectivity index (χ3n) is 8.79. The summed E-state index contributed by atoms with van der Waals surface area (Å²) in [5.74, 6) is 2.55. The van der Waals surface area contributed by atoms with E-state index in [2.05, 4.69) is 58.1 Å². The lowest BCUT2D eigenvalue weighted by molar-refractivity contribution is 0.419. The van der Waals surface area contributed by atoms with Gasteiger partial charge in [-0.2, -0.15) is 0 Å². The average Bonchev–Trinajstić information content (AvgIpc) is 3.16. The van der Waals surface area contributed by atoms with E-state index < -0.39 is 19.1 Å². The van der Waals surface area contributed by atoms with Crippen LogP contribution in [-0.4, -0.2) is 18.8 Å². The van der Waals surface area contributed by atoms with Crippen molar-refractivity contribution in [1.29, 1.82) is 0 Å². The molecule has 0 fully saturated rings. The van der Waals surface area contributed by atoms with E-state index in [1.54, 1.807) is 48.7 Å². The molecular formula is C40H33B2N3O. The zero-order valence-corrected chi connectivity index (χ0v) is 25.0. The number of hydrogen-bond acceptors (Lipinski definition) is 4. The molecular weight excluding hydrogens is 560 g/mol. The Labute approximate surface area is 280 Å². The van der Waals surface area contributed by atoms with Crippen molar-refractivity contribution < 1.29 is 13.0 Å². The molecule has 0 radical (unpaired) electrons. The molecule has 0 saturated carbocycles. The molecule has 6 heteroatoms. The van der Waals surface area contributed by atoms with Crippen LogP contribution in [0.25, 0.3) is 11.3 Å². The van der Waals surface area contributed by atoms with Crippen molar-refractivity contribution in [3.8, 4) is 22.8 Å². The van der Waals surface area contributed by atoms with E-state index in [9.17, 15) is 0 Å².